The Morgan fingerprint density at radius 3 is 2.70 bits per heavy atom. The molecule has 8 heteroatoms. The molecule has 2 aromatic heterocycles. The maximum atomic E-state index is 12.2. The molecule has 0 aliphatic rings. The van der Waals surface area contributed by atoms with Crippen molar-refractivity contribution >= 4 is 29.0 Å². The van der Waals surface area contributed by atoms with E-state index in [1.807, 2.05) is 29.6 Å². The Morgan fingerprint density at radius 2 is 2.03 bits per heavy atom. The van der Waals surface area contributed by atoms with Crippen LogP contribution in [0.5, 0.6) is 5.75 Å². The number of aromatic nitrogens is 3. The van der Waals surface area contributed by atoms with Gasteiger partial charge < -0.3 is 14.6 Å². The zero-order valence-electron chi connectivity index (χ0n) is 17.6. The summed E-state index contributed by atoms with van der Waals surface area (Å²) in [5.41, 5.74) is 1.28. The first-order valence-corrected chi connectivity index (χ1v) is 12.0. The van der Waals surface area contributed by atoms with Gasteiger partial charge in [-0.3, -0.25) is 4.79 Å². The number of aryl methyl sites for hydroxylation is 1. The monoisotopic (exact) mass is 444 g/mol. The Hall–Kier alpha value is -2.32. The fraction of sp³-hybridized carbons (Fsp3) is 0.409. The first-order chi connectivity index (χ1) is 14.5. The van der Waals surface area contributed by atoms with Crippen LogP contribution in [0, 0.1) is 5.92 Å². The first-order valence-electron chi connectivity index (χ1n) is 10.1. The molecule has 3 rings (SSSR count). The fourth-order valence-electron chi connectivity index (χ4n) is 2.83. The summed E-state index contributed by atoms with van der Waals surface area (Å²) < 4.78 is 7.98. The highest BCUT2D eigenvalue weighted by Crippen LogP contribution is 2.20. The van der Waals surface area contributed by atoms with Crippen molar-refractivity contribution in [1.82, 2.24) is 20.1 Å². The molecular weight excluding hydrogens is 416 g/mol. The van der Waals surface area contributed by atoms with Gasteiger partial charge in [0.2, 0.25) is 5.91 Å². The molecule has 0 aliphatic heterocycles. The summed E-state index contributed by atoms with van der Waals surface area (Å²) in [6.45, 7) is 8.11. The maximum absolute atomic E-state index is 12.2. The van der Waals surface area contributed by atoms with Gasteiger partial charge in [-0.05, 0) is 41.5 Å². The molecule has 160 valence electrons. The van der Waals surface area contributed by atoms with Crippen LogP contribution in [0.2, 0.25) is 0 Å². The number of rotatable bonds is 11. The average molecular weight is 445 g/mol. The van der Waals surface area contributed by atoms with Crippen molar-refractivity contribution in [3.05, 3.63) is 58.0 Å². The van der Waals surface area contributed by atoms with E-state index in [0.717, 1.165) is 34.6 Å². The fourth-order valence-corrected chi connectivity index (χ4v) is 4.27. The lowest BCUT2D eigenvalue weighted by molar-refractivity contribution is -0.118. The number of amides is 1. The largest absolute Gasteiger partial charge is 0.486 e. The van der Waals surface area contributed by atoms with Crippen LogP contribution < -0.4 is 10.1 Å². The summed E-state index contributed by atoms with van der Waals surface area (Å²) in [6.07, 6.45) is 1.00. The van der Waals surface area contributed by atoms with Crippen LogP contribution in [0.4, 0.5) is 0 Å². The lowest BCUT2D eigenvalue weighted by Crippen LogP contribution is -2.24. The van der Waals surface area contributed by atoms with Crippen molar-refractivity contribution in [2.24, 2.45) is 5.92 Å². The number of benzene rings is 1. The minimum absolute atomic E-state index is 0.0127. The number of carbonyl (C=O) groups excluding carboxylic acids is 1. The Bertz CT molecular complexity index is 921. The normalized spacial score (nSPS) is 11.1. The number of hydrogen-bond donors (Lipinski definition) is 1. The molecule has 0 spiro atoms. The molecule has 0 radical (unpaired) electrons. The minimum atomic E-state index is -0.0127. The second kappa shape index (κ2) is 11.2. The summed E-state index contributed by atoms with van der Waals surface area (Å²) in [7, 11) is 0. The summed E-state index contributed by atoms with van der Waals surface area (Å²) in [5.74, 6) is 2.30. The SMILES string of the molecule is CCc1ccc(OCc2nnc(SCC(=O)NCc3cccs3)n2CC(C)C)cc1. The maximum Gasteiger partial charge on any atom is 0.230 e. The topological polar surface area (TPSA) is 69.0 Å². The minimum Gasteiger partial charge on any atom is -0.486 e. The standard InChI is InChI=1S/C22H28N4O2S2/c1-4-17-7-9-18(10-8-17)28-14-20-24-25-22(26(20)13-16(2)3)30-15-21(27)23-12-19-6-5-11-29-19/h5-11,16H,4,12-15H2,1-3H3,(H,23,27). The van der Waals surface area contributed by atoms with Gasteiger partial charge in [-0.2, -0.15) is 0 Å². The quantitative estimate of drug-likeness (QED) is 0.440. The van der Waals surface area contributed by atoms with Crippen LogP contribution in [-0.4, -0.2) is 26.4 Å². The van der Waals surface area contributed by atoms with Gasteiger partial charge in [0, 0.05) is 11.4 Å². The average Bonchev–Trinajstić information content (AvgIpc) is 3.39. The van der Waals surface area contributed by atoms with Crippen molar-refractivity contribution in [1.29, 1.82) is 0 Å². The Labute approximate surface area is 186 Å². The molecule has 0 saturated carbocycles. The number of thioether (sulfide) groups is 1. The highest BCUT2D eigenvalue weighted by Gasteiger charge is 2.16. The molecule has 6 nitrogen and oxygen atoms in total. The summed E-state index contributed by atoms with van der Waals surface area (Å²) >= 11 is 3.04. The van der Waals surface area contributed by atoms with Crippen molar-refractivity contribution in [2.75, 3.05) is 5.75 Å². The Balaban J connectivity index is 1.58. The molecule has 0 fully saturated rings. The van der Waals surface area contributed by atoms with E-state index >= 15 is 0 Å². The molecule has 2 heterocycles. The first kappa shape index (κ1) is 22.4. The highest BCUT2D eigenvalue weighted by molar-refractivity contribution is 7.99. The van der Waals surface area contributed by atoms with Gasteiger partial charge in [0.1, 0.15) is 12.4 Å². The summed E-state index contributed by atoms with van der Waals surface area (Å²) in [4.78, 5) is 13.3. The van der Waals surface area contributed by atoms with Gasteiger partial charge in [0.15, 0.2) is 11.0 Å². The van der Waals surface area contributed by atoms with Gasteiger partial charge in [-0.15, -0.1) is 21.5 Å². The zero-order valence-corrected chi connectivity index (χ0v) is 19.3. The van der Waals surface area contributed by atoms with E-state index in [1.54, 1.807) is 11.3 Å². The van der Waals surface area contributed by atoms with E-state index in [9.17, 15) is 4.79 Å². The number of nitrogens with zero attached hydrogens (tertiary/aromatic N) is 3. The molecule has 1 N–H and O–H groups in total. The number of ether oxygens (including phenoxy) is 1. The molecule has 0 atom stereocenters. The van der Waals surface area contributed by atoms with E-state index in [2.05, 4.69) is 53.0 Å². The number of nitrogens with one attached hydrogen (secondary N) is 1. The van der Waals surface area contributed by atoms with Gasteiger partial charge in [-0.25, -0.2) is 0 Å². The second-order valence-electron chi connectivity index (χ2n) is 7.33. The molecule has 30 heavy (non-hydrogen) atoms. The van der Waals surface area contributed by atoms with Gasteiger partial charge in [0.25, 0.3) is 0 Å². The van der Waals surface area contributed by atoms with Crippen molar-refractivity contribution < 1.29 is 9.53 Å². The van der Waals surface area contributed by atoms with Gasteiger partial charge in [-0.1, -0.05) is 50.7 Å². The van der Waals surface area contributed by atoms with Crippen LogP contribution in [0.3, 0.4) is 0 Å². The molecule has 0 aliphatic carbocycles. The van der Waals surface area contributed by atoms with E-state index in [0.29, 0.717) is 24.8 Å². The van der Waals surface area contributed by atoms with Crippen LogP contribution in [0.25, 0.3) is 0 Å². The number of thiophene rings is 1. The van der Waals surface area contributed by atoms with Crippen molar-refractivity contribution in [2.45, 2.75) is 52.0 Å². The predicted octanol–water partition coefficient (Wildman–Crippen LogP) is 4.55. The number of hydrogen-bond acceptors (Lipinski definition) is 6. The highest BCUT2D eigenvalue weighted by atomic mass is 32.2. The van der Waals surface area contributed by atoms with Crippen LogP contribution in [-0.2, 0) is 30.9 Å². The third kappa shape index (κ3) is 6.60. The van der Waals surface area contributed by atoms with Crippen molar-refractivity contribution in [3.63, 3.8) is 0 Å². The van der Waals surface area contributed by atoms with Crippen molar-refractivity contribution in [3.8, 4) is 5.75 Å². The van der Waals surface area contributed by atoms with Gasteiger partial charge in [0.05, 0.1) is 12.3 Å². The smallest absolute Gasteiger partial charge is 0.230 e. The van der Waals surface area contributed by atoms with E-state index < -0.39 is 0 Å². The summed E-state index contributed by atoms with van der Waals surface area (Å²) in [5, 5.41) is 14.3. The molecule has 0 unspecified atom stereocenters. The molecule has 1 aromatic carbocycles. The van der Waals surface area contributed by atoms with Crippen LogP contribution in [0.15, 0.2) is 46.9 Å². The second-order valence-corrected chi connectivity index (χ2v) is 9.31. The Kier molecular flexibility index (Phi) is 8.33. The molecular formula is C22H28N4O2S2. The van der Waals surface area contributed by atoms with E-state index in [1.165, 1.54) is 17.3 Å². The third-order valence-electron chi connectivity index (χ3n) is 4.41. The van der Waals surface area contributed by atoms with Crippen LogP contribution >= 0.6 is 23.1 Å². The van der Waals surface area contributed by atoms with Crippen LogP contribution in [0.1, 0.15) is 37.0 Å². The van der Waals surface area contributed by atoms with E-state index in [4.69, 9.17) is 4.74 Å². The summed E-state index contributed by atoms with van der Waals surface area (Å²) in [6, 6.07) is 12.1. The van der Waals surface area contributed by atoms with E-state index in [-0.39, 0.29) is 5.91 Å². The number of carbonyl (C=O) groups is 1. The predicted molar refractivity (Wildman–Crippen MR) is 122 cm³/mol. The Morgan fingerprint density at radius 1 is 1.23 bits per heavy atom. The molecule has 0 saturated heterocycles. The third-order valence-corrected chi connectivity index (χ3v) is 6.26. The lowest BCUT2D eigenvalue weighted by Gasteiger charge is -2.13. The molecule has 0 bridgehead atoms. The molecule has 1 amide bonds. The molecule has 3 aromatic rings. The van der Waals surface area contributed by atoms with Gasteiger partial charge >= 0.3 is 0 Å². The zero-order chi connectivity index (χ0) is 21.3. The lowest BCUT2D eigenvalue weighted by atomic mass is 10.2.